The molecule has 0 atom stereocenters. The summed E-state index contributed by atoms with van der Waals surface area (Å²) < 4.78 is 0. The molecule has 0 aliphatic carbocycles. The second kappa shape index (κ2) is 4.68. The fraction of sp³-hybridized carbons (Fsp3) is 0.615. The number of nitrogens with two attached hydrogens (primary N) is 1. The Hall–Kier alpha value is -1.85. The van der Waals surface area contributed by atoms with Gasteiger partial charge in [0.2, 0.25) is 0 Å². The number of aryl methyl sites for hydroxylation is 1. The average Bonchev–Trinajstić information content (AvgIpc) is 2.72. The van der Waals surface area contributed by atoms with E-state index < -0.39 is 0 Å². The molecule has 0 radical (unpaired) electrons. The van der Waals surface area contributed by atoms with Crippen molar-refractivity contribution in [1.29, 1.82) is 0 Å². The third kappa shape index (κ3) is 2.47. The highest BCUT2D eigenvalue weighted by molar-refractivity contribution is 6.02. The Bertz CT molecular complexity index is 524. The predicted octanol–water partition coefficient (Wildman–Crippen LogP) is 1.42. The molecule has 1 fully saturated rings. The van der Waals surface area contributed by atoms with Crippen LogP contribution in [0.25, 0.3) is 0 Å². The predicted molar refractivity (Wildman–Crippen MR) is 74.6 cm³/mol. The fourth-order valence-corrected chi connectivity index (χ4v) is 2.47. The highest BCUT2D eigenvalue weighted by atomic mass is 16.4. The van der Waals surface area contributed by atoms with E-state index in [0.29, 0.717) is 11.4 Å². The van der Waals surface area contributed by atoms with Gasteiger partial charge in [-0.25, -0.2) is 0 Å². The van der Waals surface area contributed by atoms with Gasteiger partial charge in [-0.05, 0) is 31.2 Å². The number of rotatable bonds is 2. The summed E-state index contributed by atoms with van der Waals surface area (Å²) in [6, 6.07) is 0. The molecule has 0 spiro atoms. The quantitative estimate of drug-likeness (QED) is 0.365. The molecule has 0 saturated carbocycles. The van der Waals surface area contributed by atoms with Crippen LogP contribution >= 0.6 is 0 Å². The lowest BCUT2D eigenvalue weighted by Crippen LogP contribution is -2.29. The van der Waals surface area contributed by atoms with E-state index in [9.17, 15) is 0 Å². The topological polar surface area (TPSA) is 87.6 Å². The smallest absolute Gasteiger partial charge is 0.174 e. The summed E-state index contributed by atoms with van der Waals surface area (Å²) in [6.45, 7) is 10.1. The Labute approximate surface area is 113 Å². The molecule has 6 heteroatoms. The molecule has 0 unspecified atom stereocenters. The van der Waals surface area contributed by atoms with Crippen molar-refractivity contribution in [2.75, 3.05) is 18.0 Å². The summed E-state index contributed by atoms with van der Waals surface area (Å²) in [7, 11) is 0. The molecular formula is C13H21N5O. The van der Waals surface area contributed by atoms with E-state index in [2.05, 4.69) is 34.1 Å². The minimum atomic E-state index is 0.0928. The minimum Gasteiger partial charge on any atom is -0.409 e. The number of hydrogen-bond donors (Lipinski definition) is 2. The first kappa shape index (κ1) is 13.6. The second-order valence-electron chi connectivity index (χ2n) is 5.93. The molecule has 1 aromatic rings. The summed E-state index contributed by atoms with van der Waals surface area (Å²) >= 11 is 0. The molecule has 0 aromatic carbocycles. The van der Waals surface area contributed by atoms with Gasteiger partial charge < -0.3 is 15.8 Å². The number of oxime groups is 1. The molecule has 1 aliphatic rings. The summed E-state index contributed by atoms with van der Waals surface area (Å²) in [6.07, 6.45) is 1.09. The van der Waals surface area contributed by atoms with Crippen molar-refractivity contribution in [1.82, 2.24) is 10.2 Å². The van der Waals surface area contributed by atoms with Gasteiger partial charge in [0.15, 0.2) is 11.7 Å². The Morgan fingerprint density at radius 2 is 2.05 bits per heavy atom. The van der Waals surface area contributed by atoms with Crippen LogP contribution in [0, 0.1) is 19.3 Å². The van der Waals surface area contributed by atoms with Crippen LogP contribution in [-0.4, -0.2) is 34.3 Å². The third-order valence-electron chi connectivity index (χ3n) is 3.78. The molecule has 19 heavy (non-hydrogen) atoms. The van der Waals surface area contributed by atoms with Crippen molar-refractivity contribution in [2.45, 2.75) is 34.1 Å². The largest absolute Gasteiger partial charge is 0.409 e. The van der Waals surface area contributed by atoms with Crippen LogP contribution < -0.4 is 10.6 Å². The van der Waals surface area contributed by atoms with Crippen molar-refractivity contribution in [3.63, 3.8) is 0 Å². The first-order chi connectivity index (χ1) is 8.85. The zero-order chi connectivity index (χ0) is 14.2. The molecule has 1 aromatic heterocycles. The normalized spacial score (nSPS) is 18.9. The SMILES string of the molecule is Cc1nnc(N2CCC(C)(C)C2)c(C(N)=NO)c1C. The van der Waals surface area contributed by atoms with Crippen LogP contribution in [-0.2, 0) is 0 Å². The van der Waals surface area contributed by atoms with E-state index in [1.807, 2.05) is 13.8 Å². The molecule has 2 rings (SSSR count). The van der Waals surface area contributed by atoms with Crippen LogP contribution in [0.1, 0.15) is 37.1 Å². The number of nitrogens with zero attached hydrogens (tertiary/aromatic N) is 4. The van der Waals surface area contributed by atoms with Gasteiger partial charge in [0.1, 0.15) is 0 Å². The van der Waals surface area contributed by atoms with Gasteiger partial charge in [-0.3, -0.25) is 0 Å². The van der Waals surface area contributed by atoms with Crippen molar-refractivity contribution in [2.24, 2.45) is 16.3 Å². The van der Waals surface area contributed by atoms with Gasteiger partial charge in [0, 0.05) is 13.1 Å². The van der Waals surface area contributed by atoms with Crippen molar-refractivity contribution in [3.8, 4) is 0 Å². The van der Waals surface area contributed by atoms with E-state index in [0.717, 1.165) is 30.8 Å². The first-order valence-corrected chi connectivity index (χ1v) is 6.42. The standard InChI is InChI=1S/C13H21N5O/c1-8-9(2)15-16-12(10(8)11(14)17-19)18-6-5-13(3,4)7-18/h19H,5-7H2,1-4H3,(H2,14,17). The van der Waals surface area contributed by atoms with Gasteiger partial charge in [-0.15, -0.1) is 5.10 Å². The average molecular weight is 263 g/mol. The third-order valence-corrected chi connectivity index (χ3v) is 3.78. The summed E-state index contributed by atoms with van der Waals surface area (Å²) in [5.74, 6) is 0.805. The molecule has 104 valence electrons. The summed E-state index contributed by atoms with van der Waals surface area (Å²) in [5, 5.41) is 20.5. The van der Waals surface area contributed by atoms with Crippen LogP contribution in [0.2, 0.25) is 0 Å². The maximum atomic E-state index is 8.97. The van der Waals surface area contributed by atoms with E-state index in [1.165, 1.54) is 0 Å². The van der Waals surface area contributed by atoms with Gasteiger partial charge in [0.05, 0.1) is 11.3 Å². The van der Waals surface area contributed by atoms with Crippen molar-refractivity contribution >= 4 is 11.7 Å². The molecule has 2 heterocycles. The molecule has 6 nitrogen and oxygen atoms in total. The molecule has 0 bridgehead atoms. The zero-order valence-electron chi connectivity index (χ0n) is 11.9. The van der Waals surface area contributed by atoms with Crippen molar-refractivity contribution < 1.29 is 5.21 Å². The number of aromatic nitrogens is 2. The van der Waals surface area contributed by atoms with Crippen LogP contribution in [0.5, 0.6) is 0 Å². The highest BCUT2D eigenvalue weighted by Gasteiger charge is 2.32. The van der Waals surface area contributed by atoms with Crippen LogP contribution in [0.15, 0.2) is 5.16 Å². The van der Waals surface area contributed by atoms with Crippen molar-refractivity contribution in [3.05, 3.63) is 16.8 Å². The maximum Gasteiger partial charge on any atom is 0.174 e. The van der Waals surface area contributed by atoms with Gasteiger partial charge >= 0.3 is 0 Å². The molecule has 3 N–H and O–H groups in total. The Morgan fingerprint density at radius 1 is 1.37 bits per heavy atom. The second-order valence-corrected chi connectivity index (χ2v) is 5.93. The van der Waals surface area contributed by atoms with Gasteiger partial charge in [0.25, 0.3) is 0 Å². The zero-order valence-corrected chi connectivity index (χ0v) is 11.9. The van der Waals surface area contributed by atoms with Gasteiger partial charge in [-0.1, -0.05) is 19.0 Å². The molecule has 1 saturated heterocycles. The highest BCUT2D eigenvalue weighted by Crippen LogP contribution is 2.33. The van der Waals surface area contributed by atoms with E-state index in [-0.39, 0.29) is 11.3 Å². The van der Waals surface area contributed by atoms with E-state index in [4.69, 9.17) is 10.9 Å². The first-order valence-electron chi connectivity index (χ1n) is 6.42. The number of hydrogen-bond acceptors (Lipinski definition) is 5. The maximum absolute atomic E-state index is 8.97. The van der Waals surface area contributed by atoms with E-state index in [1.54, 1.807) is 0 Å². The Balaban J connectivity index is 2.49. The summed E-state index contributed by atoms with van der Waals surface area (Å²) in [5.41, 5.74) is 8.45. The molecular weight excluding hydrogens is 242 g/mol. The lowest BCUT2D eigenvalue weighted by atomic mass is 9.93. The summed E-state index contributed by atoms with van der Waals surface area (Å²) in [4.78, 5) is 2.16. The van der Waals surface area contributed by atoms with Gasteiger partial charge in [-0.2, -0.15) is 5.10 Å². The monoisotopic (exact) mass is 263 g/mol. The fourth-order valence-electron chi connectivity index (χ4n) is 2.47. The Kier molecular flexibility index (Phi) is 3.34. The number of anilines is 1. The Morgan fingerprint density at radius 3 is 2.58 bits per heavy atom. The molecule has 1 aliphatic heterocycles. The number of amidine groups is 1. The molecule has 0 amide bonds. The van der Waals surface area contributed by atoms with Crippen LogP contribution in [0.3, 0.4) is 0 Å². The minimum absolute atomic E-state index is 0.0928. The van der Waals surface area contributed by atoms with E-state index >= 15 is 0 Å². The lowest BCUT2D eigenvalue weighted by molar-refractivity contribution is 0.318. The lowest BCUT2D eigenvalue weighted by Gasteiger charge is -2.23. The van der Waals surface area contributed by atoms with Crippen LogP contribution in [0.4, 0.5) is 5.82 Å².